The predicted octanol–water partition coefficient (Wildman–Crippen LogP) is 8.60. The number of ether oxygens (including phenoxy) is 6. The number of aliphatic imine (C=N–C) groups is 3. The van der Waals surface area contributed by atoms with E-state index in [0.717, 1.165) is 0 Å². The normalized spacial score (nSPS) is 13.4. The maximum Gasteiger partial charge on any atom is 0.436 e. The van der Waals surface area contributed by atoms with Crippen LogP contribution in [0.4, 0.5) is 28.8 Å². The van der Waals surface area contributed by atoms with Crippen LogP contribution in [-0.2, 0) is 28.4 Å². The summed E-state index contributed by atoms with van der Waals surface area (Å²) in [7, 11) is 0. The molecule has 0 radical (unpaired) electrons. The number of rotatable bonds is 3. The van der Waals surface area contributed by atoms with Gasteiger partial charge in [0.25, 0.3) is 0 Å². The summed E-state index contributed by atoms with van der Waals surface area (Å²) >= 11 is 1.58. The van der Waals surface area contributed by atoms with E-state index < -0.39 is 85.7 Å². The summed E-state index contributed by atoms with van der Waals surface area (Å²) in [5.41, 5.74) is -5.79. The third-order valence-corrected chi connectivity index (χ3v) is 6.98. The number of hydrogen-bond acceptors (Lipinski definition) is 18. The van der Waals surface area contributed by atoms with Gasteiger partial charge in [-0.2, -0.15) is 29.9 Å². The number of thioether (sulfide) groups is 3. The van der Waals surface area contributed by atoms with E-state index in [9.17, 15) is 28.8 Å². The molecule has 0 saturated heterocycles. The van der Waals surface area contributed by atoms with Crippen molar-refractivity contribution in [3.63, 3.8) is 0 Å². The number of amides is 6. The van der Waals surface area contributed by atoms with Crippen LogP contribution in [0.3, 0.4) is 0 Å². The first-order valence-electron chi connectivity index (χ1n) is 18.1. The molecule has 0 atom stereocenters. The van der Waals surface area contributed by atoms with Crippen molar-refractivity contribution in [1.82, 2.24) is 30.9 Å². The van der Waals surface area contributed by atoms with E-state index in [-0.39, 0.29) is 15.5 Å². The second-order valence-corrected chi connectivity index (χ2v) is 20.9. The molecular formula is C36H57N9O12S3. The second-order valence-electron chi connectivity index (χ2n) is 18.1. The van der Waals surface area contributed by atoms with Crippen molar-refractivity contribution < 1.29 is 57.2 Å². The average molecular weight is 904 g/mol. The van der Waals surface area contributed by atoms with E-state index in [0.29, 0.717) is 35.3 Å². The Hall–Kier alpha value is -4.71. The van der Waals surface area contributed by atoms with Gasteiger partial charge in [0.1, 0.15) is 33.6 Å². The van der Waals surface area contributed by atoms with Gasteiger partial charge in [-0.3, -0.25) is 16.0 Å². The molecule has 0 aromatic carbocycles. The lowest BCUT2D eigenvalue weighted by Crippen LogP contribution is -2.36. The van der Waals surface area contributed by atoms with E-state index in [1.54, 1.807) is 125 Å². The molecule has 0 aliphatic rings. The van der Waals surface area contributed by atoms with Crippen LogP contribution in [-0.4, -0.2) is 101 Å². The predicted molar refractivity (Wildman–Crippen MR) is 227 cm³/mol. The number of alkyl carbamates (subject to hydrolysis) is 3. The van der Waals surface area contributed by atoms with Crippen LogP contribution >= 0.6 is 35.3 Å². The van der Waals surface area contributed by atoms with E-state index in [1.165, 1.54) is 0 Å². The van der Waals surface area contributed by atoms with Crippen molar-refractivity contribution in [2.45, 2.75) is 174 Å². The lowest BCUT2D eigenvalue weighted by Gasteiger charge is -2.21. The van der Waals surface area contributed by atoms with Crippen molar-refractivity contribution in [1.29, 1.82) is 0 Å². The lowest BCUT2D eigenvalue weighted by molar-refractivity contribution is 0.0547. The minimum absolute atomic E-state index is 0.281. The minimum atomic E-state index is -1.10. The first-order chi connectivity index (χ1) is 26.8. The SMILES string of the molecule is CC(C)(C)OC(=O)/N=C(/NC(=O)OC(C)(C)C)Sc1nc(S/C(=N\C(=O)OC(C)(C)C)NC(=O)OC(C)(C)C)nc(S/C(=N/C(=O)OC(C)(C)C)NC(=O)OC(C)(C)C)n1. The molecule has 60 heavy (non-hydrogen) atoms. The van der Waals surface area contributed by atoms with E-state index in [4.69, 9.17) is 28.4 Å². The Morgan fingerprint density at radius 3 is 0.717 bits per heavy atom. The molecule has 3 N–H and O–H groups in total. The number of carbonyl (C=O) groups excluding carboxylic acids is 6. The van der Waals surface area contributed by atoms with Gasteiger partial charge in [-0.1, -0.05) is 0 Å². The van der Waals surface area contributed by atoms with Gasteiger partial charge in [-0.25, -0.2) is 28.8 Å². The van der Waals surface area contributed by atoms with Gasteiger partial charge in [0.15, 0.2) is 31.0 Å². The van der Waals surface area contributed by atoms with Crippen molar-refractivity contribution in [3.05, 3.63) is 0 Å². The quantitative estimate of drug-likeness (QED) is 0.111. The summed E-state index contributed by atoms with van der Waals surface area (Å²) < 4.78 is 32.0. The highest BCUT2D eigenvalue weighted by molar-refractivity contribution is 8.15. The number of amidine groups is 3. The Morgan fingerprint density at radius 1 is 0.367 bits per heavy atom. The molecule has 336 valence electrons. The van der Waals surface area contributed by atoms with Crippen LogP contribution in [0, 0.1) is 0 Å². The third kappa shape index (κ3) is 27.1. The lowest BCUT2D eigenvalue weighted by atomic mass is 10.2. The fourth-order valence-electron chi connectivity index (χ4n) is 3.22. The molecule has 1 aromatic heterocycles. The highest BCUT2D eigenvalue weighted by atomic mass is 32.2. The Bertz CT molecular complexity index is 1630. The molecule has 0 saturated carbocycles. The molecular weight excluding hydrogens is 847 g/mol. The topological polar surface area (TPSA) is 270 Å². The summed E-state index contributed by atoms with van der Waals surface area (Å²) in [4.78, 5) is 102. The molecule has 0 unspecified atom stereocenters. The molecule has 1 aromatic rings. The van der Waals surface area contributed by atoms with Gasteiger partial charge in [0.05, 0.1) is 0 Å². The summed E-state index contributed by atoms with van der Waals surface area (Å²) in [6, 6.07) is 0. The molecule has 1 rings (SSSR count). The number of hydrogen-bond donors (Lipinski definition) is 3. The standard InChI is InChI=1S/C36H57N9O12S3/c1-31(2,3)52-25(46)40-22(41-26(47)53-32(4,5)6)58-19-37-20(59-23(42-27(48)54-33(7,8)9)43-28(49)55-34(10,11)12)39-21(38-19)60-24(44-29(50)56-35(13,14)15)45-30(51)57-36(16,17)18/h1-18H3,(H,40,41,46,47)(H,42,43,48,49)(H,44,45,50,51). The number of carbonyl (C=O) groups is 6. The summed E-state index contributed by atoms with van der Waals surface area (Å²) in [6.07, 6.45) is -6.30. The zero-order chi connectivity index (χ0) is 46.7. The number of nitrogens with zero attached hydrogens (tertiary/aromatic N) is 6. The van der Waals surface area contributed by atoms with Crippen molar-refractivity contribution in [3.8, 4) is 0 Å². The van der Waals surface area contributed by atoms with Crippen LogP contribution in [0.1, 0.15) is 125 Å². The Balaban J connectivity index is 4.09. The smallest absolute Gasteiger partial charge is 0.436 e. The third-order valence-electron chi connectivity index (χ3n) is 4.72. The van der Waals surface area contributed by atoms with Gasteiger partial charge in [-0.15, -0.1) is 0 Å². The highest BCUT2D eigenvalue weighted by Crippen LogP contribution is 2.26. The molecule has 0 aliphatic heterocycles. The van der Waals surface area contributed by atoms with Crippen LogP contribution in [0.5, 0.6) is 0 Å². The van der Waals surface area contributed by atoms with Crippen LogP contribution < -0.4 is 16.0 Å². The number of aromatic nitrogens is 3. The van der Waals surface area contributed by atoms with E-state index in [1.807, 2.05) is 0 Å². The fourth-order valence-corrected chi connectivity index (χ4v) is 5.47. The molecule has 21 nitrogen and oxygen atoms in total. The van der Waals surface area contributed by atoms with Crippen molar-refractivity contribution >= 4 is 87.3 Å². The fraction of sp³-hybridized carbons (Fsp3) is 0.667. The van der Waals surface area contributed by atoms with Crippen molar-refractivity contribution in [2.75, 3.05) is 0 Å². The summed E-state index contributed by atoms with van der Waals surface area (Å²) in [6.45, 7) is 29.0. The highest BCUT2D eigenvalue weighted by Gasteiger charge is 2.27. The Morgan fingerprint density at radius 2 is 0.550 bits per heavy atom. The van der Waals surface area contributed by atoms with Gasteiger partial charge >= 0.3 is 36.6 Å². The molecule has 0 spiro atoms. The maximum atomic E-state index is 12.9. The molecule has 1 heterocycles. The van der Waals surface area contributed by atoms with Crippen molar-refractivity contribution in [2.24, 2.45) is 15.0 Å². The van der Waals surface area contributed by atoms with Crippen LogP contribution in [0.25, 0.3) is 0 Å². The average Bonchev–Trinajstić information content (AvgIpc) is 2.90. The Kier molecular flexibility index (Phi) is 18.8. The van der Waals surface area contributed by atoms with Gasteiger partial charge < -0.3 is 28.4 Å². The second kappa shape index (κ2) is 21.2. The maximum absolute atomic E-state index is 12.9. The molecule has 0 fully saturated rings. The monoisotopic (exact) mass is 903 g/mol. The molecule has 6 amide bonds. The zero-order valence-corrected chi connectivity index (χ0v) is 39.8. The molecule has 24 heteroatoms. The van der Waals surface area contributed by atoms with Gasteiger partial charge in [-0.05, 0) is 160 Å². The molecule has 0 bridgehead atoms. The zero-order valence-electron chi connectivity index (χ0n) is 37.3. The first kappa shape index (κ1) is 53.3. The first-order valence-corrected chi connectivity index (χ1v) is 20.5. The summed E-state index contributed by atoms with van der Waals surface area (Å²) in [5.74, 6) is 0. The van der Waals surface area contributed by atoms with Crippen LogP contribution in [0.15, 0.2) is 30.4 Å². The van der Waals surface area contributed by atoms with E-state index in [2.05, 4.69) is 45.9 Å². The van der Waals surface area contributed by atoms with Crippen LogP contribution in [0.2, 0.25) is 0 Å². The van der Waals surface area contributed by atoms with E-state index >= 15 is 0 Å². The largest absolute Gasteiger partial charge is 0.444 e. The molecule has 0 aliphatic carbocycles. The Labute approximate surface area is 362 Å². The number of nitrogens with one attached hydrogen (secondary N) is 3. The van der Waals surface area contributed by atoms with Gasteiger partial charge in [0, 0.05) is 0 Å². The van der Waals surface area contributed by atoms with Gasteiger partial charge in [0.2, 0.25) is 0 Å². The minimum Gasteiger partial charge on any atom is -0.444 e. The summed E-state index contributed by atoms with van der Waals surface area (Å²) in [5, 5.41) is 5.02.